The number of halogens is 1. The zero-order valence-corrected chi connectivity index (χ0v) is 12.6. The van der Waals surface area contributed by atoms with Crippen LogP contribution >= 0.6 is 0 Å². The van der Waals surface area contributed by atoms with Crippen LogP contribution in [0.2, 0.25) is 0 Å². The van der Waals surface area contributed by atoms with Crippen molar-refractivity contribution in [3.05, 3.63) is 47.0 Å². The number of hydrogen-bond acceptors (Lipinski definition) is 3. The summed E-state index contributed by atoms with van der Waals surface area (Å²) in [6, 6.07) is 5.91. The Balaban J connectivity index is 1.87. The lowest BCUT2D eigenvalue weighted by Gasteiger charge is -2.28. The van der Waals surface area contributed by atoms with Gasteiger partial charge in [0.15, 0.2) is 0 Å². The minimum absolute atomic E-state index is 0.0805. The molecule has 5 heteroatoms. The molecule has 22 heavy (non-hydrogen) atoms. The van der Waals surface area contributed by atoms with Gasteiger partial charge in [0.1, 0.15) is 11.6 Å². The van der Waals surface area contributed by atoms with Gasteiger partial charge in [0, 0.05) is 6.54 Å². The SMILES string of the molecule is CC1=C(C(=O)N2C[C@@H](O)C[C@@H]2c2ccc(F)cc2)CCCO1. The van der Waals surface area contributed by atoms with E-state index in [1.165, 1.54) is 12.1 Å². The summed E-state index contributed by atoms with van der Waals surface area (Å²) in [6.45, 7) is 2.76. The molecule has 0 unspecified atom stereocenters. The number of nitrogens with zero attached hydrogens (tertiary/aromatic N) is 1. The maximum Gasteiger partial charge on any atom is 0.253 e. The fraction of sp³-hybridized carbons (Fsp3) is 0.471. The number of rotatable bonds is 2. The van der Waals surface area contributed by atoms with E-state index >= 15 is 0 Å². The van der Waals surface area contributed by atoms with Crippen molar-refractivity contribution in [2.24, 2.45) is 0 Å². The Morgan fingerprint density at radius 1 is 1.36 bits per heavy atom. The van der Waals surface area contributed by atoms with E-state index in [2.05, 4.69) is 0 Å². The molecule has 2 aliphatic heterocycles. The third-order valence-corrected chi connectivity index (χ3v) is 4.37. The monoisotopic (exact) mass is 305 g/mol. The molecule has 0 spiro atoms. The molecule has 1 saturated heterocycles. The first kappa shape index (κ1) is 15.0. The van der Waals surface area contributed by atoms with Crippen molar-refractivity contribution in [1.29, 1.82) is 0 Å². The average Bonchev–Trinajstić information content (AvgIpc) is 2.90. The van der Waals surface area contributed by atoms with Crippen LogP contribution in [0.4, 0.5) is 4.39 Å². The second kappa shape index (κ2) is 6.08. The second-order valence-electron chi connectivity index (χ2n) is 5.90. The number of benzene rings is 1. The van der Waals surface area contributed by atoms with Crippen molar-refractivity contribution >= 4 is 5.91 Å². The summed E-state index contributed by atoms with van der Waals surface area (Å²) in [5.41, 5.74) is 1.54. The molecule has 0 aromatic heterocycles. The molecule has 2 atom stereocenters. The van der Waals surface area contributed by atoms with E-state index in [1.807, 2.05) is 6.92 Å². The predicted octanol–water partition coefficient (Wildman–Crippen LogP) is 2.54. The van der Waals surface area contributed by atoms with Crippen LogP contribution in [0.1, 0.15) is 37.8 Å². The Kier molecular flexibility index (Phi) is 4.16. The molecular weight excluding hydrogens is 285 g/mol. The summed E-state index contributed by atoms with van der Waals surface area (Å²) in [5, 5.41) is 9.98. The van der Waals surface area contributed by atoms with Crippen molar-refractivity contribution in [2.75, 3.05) is 13.2 Å². The van der Waals surface area contributed by atoms with Crippen LogP contribution in [-0.2, 0) is 9.53 Å². The maximum atomic E-state index is 13.1. The van der Waals surface area contributed by atoms with Gasteiger partial charge in [0.05, 0.1) is 24.3 Å². The molecular formula is C17H20FNO3. The topological polar surface area (TPSA) is 49.8 Å². The minimum Gasteiger partial charge on any atom is -0.498 e. The van der Waals surface area contributed by atoms with E-state index < -0.39 is 6.10 Å². The van der Waals surface area contributed by atoms with Crippen molar-refractivity contribution in [1.82, 2.24) is 4.90 Å². The number of β-amino-alcohol motifs (C(OH)–C–C–N with tert-alkyl or cyclic N) is 1. The van der Waals surface area contributed by atoms with Gasteiger partial charge in [-0.25, -0.2) is 4.39 Å². The van der Waals surface area contributed by atoms with Crippen LogP contribution in [0.15, 0.2) is 35.6 Å². The summed E-state index contributed by atoms with van der Waals surface area (Å²) in [7, 11) is 0. The van der Waals surface area contributed by atoms with E-state index in [1.54, 1.807) is 17.0 Å². The van der Waals surface area contributed by atoms with Crippen molar-refractivity contribution in [3.8, 4) is 0 Å². The Labute approximate surface area is 129 Å². The normalized spacial score (nSPS) is 25.3. The number of allylic oxidation sites excluding steroid dienone is 1. The van der Waals surface area contributed by atoms with E-state index in [4.69, 9.17) is 4.74 Å². The maximum absolute atomic E-state index is 13.1. The summed E-state index contributed by atoms with van der Waals surface area (Å²) >= 11 is 0. The third kappa shape index (κ3) is 2.86. The Bertz CT molecular complexity index is 596. The van der Waals surface area contributed by atoms with Gasteiger partial charge in [0.25, 0.3) is 5.91 Å². The first-order valence-corrected chi connectivity index (χ1v) is 7.63. The van der Waals surface area contributed by atoms with Crippen LogP contribution in [0.25, 0.3) is 0 Å². The number of carbonyl (C=O) groups is 1. The second-order valence-corrected chi connectivity index (χ2v) is 5.90. The number of aliphatic hydroxyl groups is 1. The van der Waals surface area contributed by atoms with E-state index in [9.17, 15) is 14.3 Å². The molecule has 118 valence electrons. The molecule has 1 aromatic rings. The predicted molar refractivity (Wildman–Crippen MR) is 79.4 cm³/mol. The molecule has 1 amide bonds. The van der Waals surface area contributed by atoms with E-state index in [0.717, 1.165) is 12.0 Å². The number of aliphatic hydroxyl groups excluding tert-OH is 1. The zero-order chi connectivity index (χ0) is 15.7. The Morgan fingerprint density at radius 2 is 2.09 bits per heavy atom. The van der Waals surface area contributed by atoms with E-state index in [0.29, 0.717) is 37.3 Å². The first-order valence-electron chi connectivity index (χ1n) is 7.63. The van der Waals surface area contributed by atoms with Gasteiger partial charge >= 0.3 is 0 Å². The number of ether oxygens (including phenoxy) is 1. The molecule has 3 rings (SSSR count). The molecule has 0 aliphatic carbocycles. The summed E-state index contributed by atoms with van der Waals surface area (Å²) in [6.07, 6.45) is 1.46. The van der Waals surface area contributed by atoms with Crippen molar-refractivity contribution < 1.29 is 19.0 Å². The molecule has 4 nitrogen and oxygen atoms in total. The molecule has 1 aromatic carbocycles. The summed E-state index contributed by atoms with van der Waals surface area (Å²) in [4.78, 5) is 14.5. The van der Waals surface area contributed by atoms with Crippen LogP contribution < -0.4 is 0 Å². The fourth-order valence-corrected chi connectivity index (χ4v) is 3.21. The van der Waals surface area contributed by atoms with Gasteiger partial charge in [0.2, 0.25) is 0 Å². The van der Waals surface area contributed by atoms with Gasteiger partial charge in [-0.15, -0.1) is 0 Å². The molecule has 1 N–H and O–H groups in total. The number of amides is 1. The summed E-state index contributed by atoms with van der Waals surface area (Å²) < 4.78 is 18.6. The first-order chi connectivity index (χ1) is 10.6. The number of likely N-dealkylation sites (tertiary alicyclic amines) is 1. The molecule has 1 fully saturated rings. The highest BCUT2D eigenvalue weighted by Crippen LogP contribution is 2.35. The molecule has 0 saturated carbocycles. The highest BCUT2D eigenvalue weighted by Gasteiger charge is 2.37. The molecule has 2 heterocycles. The molecule has 0 bridgehead atoms. The number of carbonyl (C=O) groups excluding carboxylic acids is 1. The molecule has 2 aliphatic rings. The smallest absolute Gasteiger partial charge is 0.253 e. The van der Waals surface area contributed by atoms with Crippen molar-refractivity contribution in [3.63, 3.8) is 0 Å². The van der Waals surface area contributed by atoms with Crippen LogP contribution in [0.3, 0.4) is 0 Å². The minimum atomic E-state index is -0.551. The van der Waals surface area contributed by atoms with Gasteiger partial charge in [-0.2, -0.15) is 0 Å². The standard InChI is InChI=1S/C17H20FNO3/c1-11-15(3-2-8-22-11)17(21)19-10-14(20)9-16(19)12-4-6-13(18)7-5-12/h4-7,14,16,20H,2-3,8-10H2,1H3/t14-,16+/m0/s1. The van der Waals surface area contributed by atoms with Crippen LogP contribution in [0.5, 0.6) is 0 Å². The van der Waals surface area contributed by atoms with Crippen LogP contribution in [-0.4, -0.2) is 35.2 Å². The lowest BCUT2D eigenvalue weighted by molar-refractivity contribution is -0.129. The fourth-order valence-electron chi connectivity index (χ4n) is 3.21. The highest BCUT2D eigenvalue weighted by atomic mass is 19.1. The highest BCUT2D eigenvalue weighted by molar-refractivity contribution is 5.94. The zero-order valence-electron chi connectivity index (χ0n) is 12.6. The Morgan fingerprint density at radius 3 is 2.77 bits per heavy atom. The average molecular weight is 305 g/mol. The van der Waals surface area contributed by atoms with Gasteiger partial charge in [-0.1, -0.05) is 12.1 Å². The third-order valence-electron chi connectivity index (χ3n) is 4.37. The number of hydrogen-bond donors (Lipinski definition) is 1. The quantitative estimate of drug-likeness (QED) is 0.913. The van der Waals surface area contributed by atoms with E-state index in [-0.39, 0.29) is 17.8 Å². The van der Waals surface area contributed by atoms with Gasteiger partial charge in [-0.3, -0.25) is 4.79 Å². The largest absolute Gasteiger partial charge is 0.498 e. The van der Waals surface area contributed by atoms with Crippen LogP contribution in [0, 0.1) is 5.82 Å². The lowest BCUT2D eigenvalue weighted by Crippen LogP contribution is -2.34. The van der Waals surface area contributed by atoms with Gasteiger partial charge < -0.3 is 14.7 Å². The summed E-state index contributed by atoms with van der Waals surface area (Å²) in [5.74, 6) is 0.290. The lowest BCUT2D eigenvalue weighted by atomic mass is 10.0. The molecule has 0 radical (unpaired) electrons. The van der Waals surface area contributed by atoms with Gasteiger partial charge in [-0.05, 0) is 43.9 Å². The van der Waals surface area contributed by atoms with Crippen molar-refractivity contribution in [2.45, 2.75) is 38.3 Å². The Hall–Kier alpha value is -1.88.